The van der Waals surface area contributed by atoms with Crippen molar-refractivity contribution in [2.45, 2.75) is 12.5 Å². The van der Waals surface area contributed by atoms with Crippen LogP contribution < -0.4 is 15.8 Å². The van der Waals surface area contributed by atoms with Gasteiger partial charge < -0.3 is 15.8 Å². The van der Waals surface area contributed by atoms with Crippen LogP contribution >= 0.6 is 24.8 Å². The Morgan fingerprint density at radius 2 is 1.63 bits per heavy atom. The molecule has 3 N–H and O–H groups in total. The molecule has 0 saturated carbocycles. The van der Waals surface area contributed by atoms with Crippen molar-refractivity contribution in [3.05, 3.63) is 84.7 Å². The van der Waals surface area contributed by atoms with E-state index in [4.69, 9.17) is 10.5 Å². The van der Waals surface area contributed by atoms with Crippen molar-refractivity contribution < 1.29 is 9.53 Å². The Morgan fingerprint density at radius 3 is 2.33 bits per heavy atom. The molecule has 142 valence electrons. The van der Waals surface area contributed by atoms with E-state index in [0.717, 1.165) is 11.3 Å². The van der Waals surface area contributed by atoms with Crippen molar-refractivity contribution in [2.24, 2.45) is 5.73 Å². The molecule has 2 aromatic carbocycles. The smallest absolute Gasteiger partial charge is 0.241 e. The summed E-state index contributed by atoms with van der Waals surface area (Å²) in [7, 11) is 0. The average molecular weight is 406 g/mol. The van der Waals surface area contributed by atoms with Crippen molar-refractivity contribution in [2.75, 3.05) is 5.32 Å². The second kappa shape index (κ2) is 11.2. The molecule has 27 heavy (non-hydrogen) atoms. The quantitative estimate of drug-likeness (QED) is 0.643. The molecule has 0 spiro atoms. The summed E-state index contributed by atoms with van der Waals surface area (Å²) in [6.45, 7) is 0. The topological polar surface area (TPSA) is 77.2 Å². The molecule has 1 aromatic heterocycles. The fourth-order valence-corrected chi connectivity index (χ4v) is 2.38. The summed E-state index contributed by atoms with van der Waals surface area (Å²) in [6, 6.07) is 19.9. The van der Waals surface area contributed by atoms with Crippen LogP contribution in [0.4, 0.5) is 5.69 Å². The number of aromatic nitrogens is 1. The molecule has 0 aliphatic carbocycles. The minimum atomic E-state index is -0.653. The SMILES string of the molecule is Cl.Cl.NC(Cc1cccc(Oc2ccccc2)c1)C(=O)Nc1ccncc1. The fourth-order valence-electron chi connectivity index (χ4n) is 2.38. The van der Waals surface area contributed by atoms with Gasteiger partial charge in [-0.3, -0.25) is 9.78 Å². The highest BCUT2D eigenvalue weighted by molar-refractivity contribution is 5.94. The van der Waals surface area contributed by atoms with Crippen molar-refractivity contribution in [1.82, 2.24) is 4.98 Å². The molecule has 3 rings (SSSR count). The van der Waals surface area contributed by atoms with E-state index in [1.165, 1.54) is 0 Å². The van der Waals surface area contributed by atoms with Gasteiger partial charge in [0.15, 0.2) is 0 Å². The number of anilines is 1. The third kappa shape index (κ3) is 6.90. The number of hydrogen-bond acceptors (Lipinski definition) is 4. The zero-order chi connectivity index (χ0) is 17.5. The monoisotopic (exact) mass is 405 g/mol. The number of halogens is 2. The van der Waals surface area contributed by atoms with Gasteiger partial charge in [0, 0.05) is 18.1 Å². The van der Waals surface area contributed by atoms with E-state index in [-0.39, 0.29) is 30.7 Å². The number of amides is 1. The van der Waals surface area contributed by atoms with Crippen LogP contribution in [0.15, 0.2) is 79.1 Å². The van der Waals surface area contributed by atoms with Crippen LogP contribution in [0.3, 0.4) is 0 Å². The molecule has 1 amide bonds. The first kappa shape index (κ1) is 22.4. The number of rotatable bonds is 6. The number of carbonyl (C=O) groups excluding carboxylic acids is 1. The van der Waals surface area contributed by atoms with Gasteiger partial charge in [0.1, 0.15) is 11.5 Å². The molecule has 0 aliphatic rings. The lowest BCUT2D eigenvalue weighted by Gasteiger charge is -2.13. The molecule has 1 unspecified atom stereocenters. The van der Waals surface area contributed by atoms with Crippen LogP contribution in [0.25, 0.3) is 0 Å². The van der Waals surface area contributed by atoms with Gasteiger partial charge in [-0.1, -0.05) is 30.3 Å². The maximum atomic E-state index is 12.2. The van der Waals surface area contributed by atoms with Gasteiger partial charge in [0.2, 0.25) is 5.91 Å². The number of carbonyl (C=O) groups is 1. The number of hydrogen-bond donors (Lipinski definition) is 2. The second-order valence-corrected chi connectivity index (χ2v) is 5.60. The molecule has 0 bridgehead atoms. The predicted octanol–water partition coefficient (Wildman–Crippen LogP) is 4.23. The molecule has 0 saturated heterocycles. The summed E-state index contributed by atoms with van der Waals surface area (Å²) in [6.07, 6.45) is 3.65. The zero-order valence-electron chi connectivity index (χ0n) is 14.4. The first-order valence-corrected chi connectivity index (χ1v) is 7.99. The third-order valence-corrected chi connectivity index (χ3v) is 3.62. The standard InChI is InChI=1S/C20H19N3O2.2ClH/c21-19(20(24)23-16-9-11-22-12-10-16)14-15-5-4-8-18(13-15)25-17-6-2-1-3-7-17;;/h1-13,19H,14,21H2,(H,22,23,24);2*1H. The van der Waals surface area contributed by atoms with Crippen molar-refractivity contribution >= 4 is 36.4 Å². The molecule has 7 heteroatoms. The van der Waals surface area contributed by atoms with Gasteiger partial charge in [-0.15, -0.1) is 24.8 Å². The van der Waals surface area contributed by atoms with Gasteiger partial charge in [0.25, 0.3) is 0 Å². The van der Waals surface area contributed by atoms with Gasteiger partial charge in [0.05, 0.1) is 6.04 Å². The fraction of sp³-hybridized carbons (Fsp3) is 0.100. The Hall–Kier alpha value is -2.60. The molecule has 5 nitrogen and oxygen atoms in total. The lowest BCUT2D eigenvalue weighted by atomic mass is 10.1. The summed E-state index contributed by atoms with van der Waals surface area (Å²) in [5.41, 5.74) is 7.64. The summed E-state index contributed by atoms with van der Waals surface area (Å²) in [5.74, 6) is 1.24. The average Bonchev–Trinajstić information content (AvgIpc) is 2.63. The minimum absolute atomic E-state index is 0. The van der Waals surface area contributed by atoms with Crippen molar-refractivity contribution in [3.8, 4) is 11.5 Å². The maximum Gasteiger partial charge on any atom is 0.241 e. The van der Waals surface area contributed by atoms with E-state index in [1.54, 1.807) is 24.5 Å². The summed E-state index contributed by atoms with van der Waals surface area (Å²) in [5, 5.41) is 2.78. The molecule has 3 aromatic rings. The first-order valence-electron chi connectivity index (χ1n) is 7.99. The van der Waals surface area contributed by atoms with E-state index in [9.17, 15) is 4.79 Å². The maximum absolute atomic E-state index is 12.2. The van der Waals surface area contributed by atoms with Crippen LogP contribution in [0.2, 0.25) is 0 Å². The number of nitrogens with one attached hydrogen (secondary N) is 1. The molecule has 0 aliphatic heterocycles. The first-order chi connectivity index (χ1) is 12.2. The Balaban J connectivity index is 0.00000182. The highest BCUT2D eigenvalue weighted by Crippen LogP contribution is 2.22. The lowest BCUT2D eigenvalue weighted by Crippen LogP contribution is -2.37. The molecule has 1 heterocycles. The Bertz CT molecular complexity index is 833. The predicted molar refractivity (Wildman–Crippen MR) is 112 cm³/mol. The van der Waals surface area contributed by atoms with E-state index in [0.29, 0.717) is 17.9 Å². The number of pyridine rings is 1. The van der Waals surface area contributed by atoms with Crippen LogP contribution in [-0.2, 0) is 11.2 Å². The largest absolute Gasteiger partial charge is 0.457 e. The van der Waals surface area contributed by atoms with Gasteiger partial charge in [-0.05, 0) is 48.4 Å². The number of para-hydroxylation sites is 1. The van der Waals surface area contributed by atoms with Crippen LogP contribution in [0, 0.1) is 0 Å². The highest BCUT2D eigenvalue weighted by atomic mass is 35.5. The van der Waals surface area contributed by atoms with Gasteiger partial charge >= 0.3 is 0 Å². The zero-order valence-corrected chi connectivity index (χ0v) is 16.1. The lowest BCUT2D eigenvalue weighted by molar-refractivity contribution is -0.117. The minimum Gasteiger partial charge on any atom is -0.457 e. The van der Waals surface area contributed by atoms with E-state index in [1.807, 2.05) is 54.6 Å². The number of nitrogens with zero attached hydrogens (tertiary/aromatic N) is 1. The summed E-state index contributed by atoms with van der Waals surface area (Å²) in [4.78, 5) is 16.1. The normalized spacial score (nSPS) is 10.7. The van der Waals surface area contributed by atoms with Crippen LogP contribution in [0.1, 0.15) is 5.56 Å². The van der Waals surface area contributed by atoms with Crippen LogP contribution in [-0.4, -0.2) is 16.9 Å². The molecular formula is C20H21Cl2N3O2. The molecule has 0 fully saturated rings. The van der Waals surface area contributed by atoms with E-state index >= 15 is 0 Å². The van der Waals surface area contributed by atoms with E-state index in [2.05, 4.69) is 10.3 Å². The molecule has 1 atom stereocenters. The van der Waals surface area contributed by atoms with Crippen molar-refractivity contribution in [1.29, 1.82) is 0 Å². The van der Waals surface area contributed by atoms with Crippen molar-refractivity contribution in [3.63, 3.8) is 0 Å². The summed E-state index contributed by atoms with van der Waals surface area (Å²) >= 11 is 0. The Morgan fingerprint density at radius 1 is 0.963 bits per heavy atom. The second-order valence-electron chi connectivity index (χ2n) is 5.60. The highest BCUT2D eigenvalue weighted by Gasteiger charge is 2.14. The molecular weight excluding hydrogens is 385 g/mol. The number of nitrogens with two attached hydrogens (primary N) is 1. The van der Waals surface area contributed by atoms with Crippen LogP contribution in [0.5, 0.6) is 11.5 Å². The van der Waals surface area contributed by atoms with Gasteiger partial charge in [-0.25, -0.2) is 0 Å². The van der Waals surface area contributed by atoms with Gasteiger partial charge in [-0.2, -0.15) is 0 Å². The third-order valence-electron chi connectivity index (χ3n) is 3.62. The summed E-state index contributed by atoms with van der Waals surface area (Å²) < 4.78 is 5.81. The molecule has 0 radical (unpaired) electrons. The Kier molecular flexibility index (Phi) is 9.30. The van der Waals surface area contributed by atoms with E-state index < -0.39 is 6.04 Å². The number of ether oxygens (including phenoxy) is 1. The number of benzene rings is 2. The Labute approximate surface area is 170 Å².